The summed E-state index contributed by atoms with van der Waals surface area (Å²) in [7, 11) is 0. The number of rotatable bonds is 3. The molecule has 20 heavy (non-hydrogen) atoms. The molecule has 104 valence electrons. The van der Waals surface area contributed by atoms with Crippen molar-refractivity contribution in [2.24, 2.45) is 4.99 Å². The zero-order chi connectivity index (χ0) is 14.2. The van der Waals surface area contributed by atoms with Gasteiger partial charge < -0.3 is 4.74 Å². The van der Waals surface area contributed by atoms with E-state index in [1.54, 1.807) is 11.3 Å². The second-order valence-corrected chi connectivity index (χ2v) is 6.86. The van der Waals surface area contributed by atoms with Crippen LogP contribution in [0.5, 0.6) is 0 Å². The van der Waals surface area contributed by atoms with Gasteiger partial charge in [0.2, 0.25) is 5.90 Å². The smallest absolute Gasteiger partial charge is 0.218 e. The zero-order valence-corrected chi connectivity index (χ0v) is 13.0. The first-order valence-electron chi connectivity index (χ1n) is 6.89. The highest BCUT2D eigenvalue weighted by Gasteiger charge is 2.29. The molecule has 0 spiro atoms. The lowest BCUT2D eigenvalue weighted by molar-refractivity contribution is 0.279. The summed E-state index contributed by atoms with van der Waals surface area (Å²) in [6.45, 7) is 7.02. The fourth-order valence-corrected chi connectivity index (χ4v) is 3.46. The summed E-state index contributed by atoms with van der Waals surface area (Å²) in [5, 5.41) is 2.20. The van der Waals surface area contributed by atoms with Crippen LogP contribution in [0, 0.1) is 6.92 Å². The van der Waals surface area contributed by atoms with Crippen LogP contribution in [0.1, 0.15) is 35.4 Å². The third-order valence-electron chi connectivity index (χ3n) is 3.44. The lowest BCUT2D eigenvalue weighted by Gasteiger charge is -2.07. The summed E-state index contributed by atoms with van der Waals surface area (Å²) in [5.74, 6) is 0.819. The topological polar surface area (TPSA) is 21.6 Å². The van der Waals surface area contributed by atoms with E-state index in [1.165, 1.54) is 21.6 Å². The van der Waals surface area contributed by atoms with Crippen LogP contribution >= 0.6 is 11.3 Å². The van der Waals surface area contributed by atoms with Gasteiger partial charge in [-0.3, -0.25) is 0 Å². The van der Waals surface area contributed by atoms with Gasteiger partial charge in [0.1, 0.15) is 6.61 Å². The Kier molecular flexibility index (Phi) is 3.38. The number of nitrogens with zero attached hydrogens (tertiary/aromatic N) is 1. The van der Waals surface area contributed by atoms with Gasteiger partial charge in [-0.25, -0.2) is 4.99 Å². The molecular weight excluding hydrogens is 266 g/mol. The molecular formula is C17H19NOS. The highest BCUT2D eigenvalue weighted by Crippen LogP contribution is 2.30. The number of hydrogen-bond acceptors (Lipinski definition) is 3. The molecule has 3 rings (SSSR count). The standard InChI is InChI=1S/C17H19NOS/c1-12-10-20-14(9-13-7-5-4-6-8-13)15(12)16-18-17(2,3)11-19-16/h4-8,10H,9,11H2,1-3H3. The number of aliphatic imine (C=N–C) groups is 1. The van der Waals surface area contributed by atoms with Gasteiger partial charge in [0.25, 0.3) is 0 Å². The fraction of sp³-hybridized carbons (Fsp3) is 0.353. The molecule has 0 radical (unpaired) electrons. The number of ether oxygens (including phenoxy) is 1. The summed E-state index contributed by atoms with van der Waals surface area (Å²) in [4.78, 5) is 6.07. The predicted molar refractivity (Wildman–Crippen MR) is 84.9 cm³/mol. The van der Waals surface area contributed by atoms with Crippen molar-refractivity contribution in [3.63, 3.8) is 0 Å². The Labute approximate surface area is 124 Å². The molecule has 2 heterocycles. The summed E-state index contributed by atoms with van der Waals surface area (Å²) in [6.07, 6.45) is 0.942. The Hall–Kier alpha value is -1.61. The highest BCUT2D eigenvalue weighted by atomic mass is 32.1. The number of hydrogen-bond donors (Lipinski definition) is 0. The Morgan fingerprint density at radius 3 is 2.65 bits per heavy atom. The minimum absolute atomic E-state index is 0.103. The van der Waals surface area contributed by atoms with E-state index in [9.17, 15) is 0 Å². The van der Waals surface area contributed by atoms with E-state index >= 15 is 0 Å². The number of aryl methyl sites for hydroxylation is 1. The molecule has 0 saturated heterocycles. The molecule has 0 N–H and O–H groups in total. The molecule has 1 aliphatic heterocycles. The van der Waals surface area contributed by atoms with Gasteiger partial charge in [0.05, 0.1) is 11.1 Å². The van der Waals surface area contributed by atoms with Gasteiger partial charge in [0, 0.05) is 11.3 Å². The molecule has 0 amide bonds. The molecule has 0 unspecified atom stereocenters. The lowest BCUT2D eigenvalue weighted by Crippen LogP contribution is -2.17. The van der Waals surface area contributed by atoms with Crippen LogP contribution in [-0.2, 0) is 11.2 Å². The van der Waals surface area contributed by atoms with E-state index in [0.717, 1.165) is 12.3 Å². The average molecular weight is 285 g/mol. The van der Waals surface area contributed by atoms with Crippen molar-refractivity contribution in [2.75, 3.05) is 6.61 Å². The minimum atomic E-state index is -0.103. The van der Waals surface area contributed by atoms with Crippen molar-refractivity contribution in [3.05, 3.63) is 57.3 Å². The van der Waals surface area contributed by atoms with Crippen LogP contribution in [0.15, 0.2) is 40.7 Å². The van der Waals surface area contributed by atoms with Gasteiger partial charge in [0.15, 0.2) is 0 Å². The van der Waals surface area contributed by atoms with Crippen LogP contribution < -0.4 is 0 Å². The monoisotopic (exact) mass is 285 g/mol. The van der Waals surface area contributed by atoms with Crippen LogP contribution in [0.2, 0.25) is 0 Å². The first-order valence-corrected chi connectivity index (χ1v) is 7.77. The first kappa shape index (κ1) is 13.4. The van der Waals surface area contributed by atoms with Gasteiger partial charge in [-0.2, -0.15) is 0 Å². The van der Waals surface area contributed by atoms with Gasteiger partial charge in [-0.1, -0.05) is 30.3 Å². The van der Waals surface area contributed by atoms with E-state index < -0.39 is 0 Å². The molecule has 1 aromatic heterocycles. The molecule has 0 saturated carbocycles. The minimum Gasteiger partial charge on any atom is -0.475 e. The van der Waals surface area contributed by atoms with Crippen molar-refractivity contribution in [1.82, 2.24) is 0 Å². The molecule has 1 aliphatic rings. The normalized spacial score (nSPS) is 16.9. The van der Waals surface area contributed by atoms with E-state index in [4.69, 9.17) is 9.73 Å². The van der Waals surface area contributed by atoms with E-state index in [1.807, 2.05) is 0 Å². The number of benzene rings is 1. The second kappa shape index (κ2) is 5.06. The third-order valence-corrected chi connectivity index (χ3v) is 4.54. The summed E-state index contributed by atoms with van der Waals surface area (Å²) >= 11 is 1.80. The van der Waals surface area contributed by atoms with E-state index in [-0.39, 0.29) is 5.54 Å². The first-order chi connectivity index (χ1) is 9.55. The van der Waals surface area contributed by atoms with Gasteiger partial charge in [-0.05, 0) is 37.3 Å². The molecule has 3 heteroatoms. The van der Waals surface area contributed by atoms with Crippen molar-refractivity contribution in [2.45, 2.75) is 32.7 Å². The quantitative estimate of drug-likeness (QED) is 0.828. The highest BCUT2D eigenvalue weighted by molar-refractivity contribution is 7.10. The maximum absolute atomic E-state index is 5.83. The van der Waals surface area contributed by atoms with Crippen molar-refractivity contribution in [3.8, 4) is 0 Å². The SMILES string of the molecule is Cc1csc(Cc2ccccc2)c1C1=NC(C)(C)CO1. The second-order valence-electron chi connectivity index (χ2n) is 5.90. The molecule has 1 aromatic carbocycles. The Balaban J connectivity index is 1.95. The summed E-state index contributed by atoms with van der Waals surface area (Å²) in [5.41, 5.74) is 3.68. The van der Waals surface area contributed by atoms with Crippen LogP contribution in [0.3, 0.4) is 0 Å². The average Bonchev–Trinajstić information content (AvgIpc) is 2.94. The molecule has 0 aliphatic carbocycles. The summed E-state index contributed by atoms with van der Waals surface area (Å²) < 4.78 is 5.83. The van der Waals surface area contributed by atoms with Crippen molar-refractivity contribution >= 4 is 17.2 Å². The zero-order valence-electron chi connectivity index (χ0n) is 12.1. The molecule has 0 atom stereocenters. The van der Waals surface area contributed by atoms with Crippen molar-refractivity contribution in [1.29, 1.82) is 0 Å². The van der Waals surface area contributed by atoms with E-state index in [0.29, 0.717) is 6.61 Å². The molecule has 2 aromatic rings. The third kappa shape index (κ3) is 2.63. The van der Waals surface area contributed by atoms with Gasteiger partial charge >= 0.3 is 0 Å². The Morgan fingerprint density at radius 2 is 2.00 bits per heavy atom. The van der Waals surface area contributed by atoms with Gasteiger partial charge in [-0.15, -0.1) is 11.3 Å². The van der Waals surface area contributed by atoms with Crippen LogP contribution in [0.4, 0.5) is 0 Å². The maximum atomic E-state index is 5.83. The lowest BCUT2D eigenvalue weighted by atomic mass is 10.1. The fourth-order valence-electron chi connectivity index (χ4n) is 2.41. The largest absolute Gasteiger partial charge is 0.475 e. The number of thiophene rings is 1. The molecule has 2 nitrogen and oxygen atoms in total. The Bertz CT molecular complexity index is 640. The Morgan fingerprint density at radius 1 is 1.25 bits per heavy atom. The van der Waals surface area contributed by atoms with Crippen molar-refractivity contribution < 1.29 is 4.74 Å². The molecule has 0 fully saturated rings. The predicted octanol–water partition coefficient (Wildman–Crippen LogP) is 4.20. The summed E-state index contributed by atoms with van der Waals surface area (Å²) in [6, 6.07) is 10.6. The maximum Gasteiger partial charge on any atom is 0.218 e. The van der Waals surface area contributed by atoms with Crippen LogP contribution in [-0.4, -0.2) is 18.0 Å². The molecule has 0 bridgehead atoms. The van der Waals surface area contributed by atoms with E-state index in [2.05, 4.69) is 56.5 Å². The van der Waals surface area contributed by atoms with Crippen LogP contribution in [0.25, 0.3) is 0 Å².